The van der Waals surface area contributed by atoms with Gasteiger partial charge in [0.1, 0.15) is 12.0 Å². The number of anilines is 1. The molecular weight excluding hydrogens is 564 g/mol. The number of allylic oxidation sites excluding steroid dienone is 3. The SMILES string of the molecule is C1=C(c2ccc(C3=CC(n4c5ccccc5c5c6c(ccc54)NC(c4ccccc4)O6)=NC(c4ccccc4)N3)cc2)CCCC1. The second-order valence-corrected chi connectivity index (χ2v) is 12.3. The van der Waals surface area contributed by atoms with Crippen LogP contribution in [0.2, 0.25) is 0 Å². The standard InChI is InChI=1S/C41H34N4O/c1-4-12-27(13-5-1)28-20-22-29(23-21-28)34-26-37(44-40(42-34)30-14-6-2-7-15-30)45-35-19-11-10-18-32(35)38-36(45)25-24-33-39(38)46-41(43-33)31-16-8-3-9-17-31/h2-3,6-12,14-26,40-43H,1,4-5,13H2. The van der Waals surface area contributed by atoms with Crippen molar-refractivity contribution in [1.82, 2.24) is 9.88 Å². The normalized spacial score (nSPS) is 19.0. The van der Waals surface area contributed by atoms with E-state index in [4.69, 9.17) is 9.73 Å². The topological polar surface area (TPSA) is 50.6 Å². The van der Waals surface area contributed by atoms with E-state index >= 15 is 0 Å². The van der Waals surface area contributed by atoms with Crippen molar-refractivity contribution < 1.29 is 4.74 Å². The highest BCUT2D eigenvalue weighted by atomic mass is 16.5. The van der Waals surface area contributed by atoms with Crippen LogP contribution in [0.3, 0.4) is 0 Å². The Kier molecular flexibility index (Phi) is 6.48. The van der Waals surface area contributed by atoms with Gasteiger partial charge in [-0.3, -0.25) is 4.57 Å². The first kappa shape index (κ1) is 26.8. The molecule has 0 fully saturated rings. The summed E-state index contributed by atoms with van der Waals surface area (Å²) in [5.41, 5.74) is 10.4. The molecule has 9 rings (SSSR count). The summed E-state index contributed by atoms with van der Waals surface area (Å²) in [5.74, 6) is 1.77. The van der Waals surface area contributed by atoms with E-state index < -0.39 is 0 Å². The van der Waals surface area contributed by atoms with Crippen molar-refractivity contribution in [2.45, 2.75) is 38.1 Å². The summed E-state index contributed by atoms with van der Waals surface area (Å²) in [6.45, 7) is 0. The quantitative estimate of drug-likeness (QED) is 0.212. The Morgan fingerprint density at radius 3 is 2.20 bits per heavy atom. The molecule has 5 aromatic carbocycles. The molecule has 2 aliphatic heterocycles. The third-order valence-corrected chi connectivity index (χ3v) is 9.44. The number of ether oxygens (including phenoxy) is 1. The van der Waals surface area contributed by atoms with Gasteiger partial charge in [0.2, 0.25) is 0 Å². The maximum atomic E-state index is 6.66. The molecule has 1 aliphatic carbocycles. The van der Waals surface area contributed by atoms with Gasteiger partial charge in [0.25, 0.3) is 0 Å². The minimum atomic E-state index is -0.235. The van der Waals surface area contributed by atoms with Crippen molar-refractivity contribution in [1.29, 1.82) is 0 Å². The fourth-order valence-electron chi connectivity index (χ4n) is 7.15. The van der Waals surface area contributed by atoms with Gasteiger partial charge >= 0.3 is 0 Å². The minimum Gasteiger partial charge on any atom is -0.464 e. The van der Waals surface area contributed by atoms with Crippen LogP contribution in [-0.4, -0.2) is 10.4 Å². The lowest BCUT2D eigenvalue weighted by Gasteiger charge is -2.26. The van der Waals surface area contributed by atoms with Crippen LogP contribution < -0.4 is 15.4 Å². The highest BCUT2D eigenvalue weighted by molar-refractivity contribution is 6.20. The maximum Gasteiger partial charge on any atom is 0.196 e. The molecule has 2 N–H and O–H groups in total. The van der Waals surface area contributed by atoms with Crippen LogP contribution in [0.1, 0.15) is 60.3 Å². The van der Waals surface area contributed by atoms with Crippen LogP contribution in [0.15, 0.2) is 138 Å². The fraction of sp³-hybridized carbons (Fsp3) is 0.146. The van der Waals surface area contributed by atoms with E-state index in [1.807, 2.05) is 18.2 Å². The molecule has 2 unspecified atom stereocenters. The number of para-hydroxylation sites is 1. The van der Waals surface area contributed by atoms with Crippen LogP contribution in [0, 0.1) is 0 Å². The van der Waals surface area contributed by atoms with E-state index in [1.54, 1.807) is 0 Å². The van der Waals surface area contributed by atoms with E-state index in [2.05, 4.69) is 130 Å². The van der Waals surface area contributed by atoms with E-state index in [0.717, 1.165) is 67.9 Å². The highest BCUT2D eigenvalue weighted by Gasteiger charge is 2.29. The number of aromatic nitrogens is 1. The maximum absolute atomic E-state index is 6.66. The lowest BCUT2D eigenvalue weighted by molar-refractivity contribution is 0.263. The lowest BCUT2D eigenvalue weighted by atomic mass is 9.93. The molecule has 0 saturated heterocycles. The largest absolute Gasteiger partial charge is 0.464 e. The number of hydrogen-bond acceptors (Lipinski definition) is 4. The van der Waals surface area contributed by atoms with Crippen molar-refractivity contribution in [2.75, 3.05) is 5.32 Å². The summed E-state index contributed by atoms with van der Waals surface area (Å²) in [7, 11) is 0. The number of fused-ring (bicyclic) bond motifs is 5. The lowest BCUT2D eigenvalue weighted by Crippen LogP contribution is -2.27. The monoisotopic (exact) mass is 598 g/mol. The van der Waals surface area contributed by atoms with Crippen molar-refractivity contribution in [2.24, 2.45) is 4.99 Å². The number of nitrogens with one attached hydrogen (secondary N) is 2. The van der Waals surface area contributed by atoms with Gasteiger partial charge in [-0.25, -0.2) is 4.99 Å². The zero-order valence-electron chi connectivity index (χ0n) is 25.5. The second-order valence-electron chi connectivity index (χ2n) is 12.3. The number of hydrogen-bond donors (Lipinski definition) is 2. The molecule has 3 aliphatic rings. The smallest absolute Gasteiger partial charge is 0.196 e. The van der Waals surface area contributed by atoms with Gasteiger partial charge in [0, 0.05) is 22.7 Å². The van der Waals surface area contributed by atoms with Crippen LogP contribution in [0.25, 0.3) is 33.1 Å². The van der Waals surface area contributed by atoms with Crippen molar-refractivity contribution in [3.05, 3.63) is 156 Å². The summed E-state index contributed by atoms with van der Waals surface area (Å²) < 4.78 is 8.95. The molecule has 1 aromatic heterocycles. The zero-order valence-corrected chi connectivity index (χ0v) is 25.5. The Bertz CT molecular complexity index is 2180. The third kappa shape index (κ3) is 4.59. The van der Waals surface area contributed by atoms with Crippen LogP contribution in [0.5, 0.6) is 5.75 Å². The third-order valence-electron chi connectivity index (χ3n) is 9.44. The number of aliphatic imine (C=N–C) groups is 1. The van der Waals surface area contributed by atoms with Gasteiger partial charge in [0.05, 0.1) is 22.1 Å². The molecule has 224 valence electrons. The molecular formula is C41H34N4O. The summed E-state index contributed by atoms with van der Waals surface area (Å²) >= 11 is 0. The number of nitrogens with zero attached hydrogens (tertiary/aromatic N) is 2. The molecule has 0 saturated carbocycles. The molecule has 2 atom stereocenters. The summed E-state index contributed by atoms with van der Waals surface area (Å²) in [6, 6.07) is 42.8. The highest BCUT2D eigenvalue weighted by Crippen LogP contribution is 2.47. The molecule has 0 amide bonds. The molecule has 5 heteroatoms. The molecule has 0 spiro atoms. The van der Waals surface area contributed by atoms with Gasteiger partial charge in [-0.05, 0) is 66.1 Å². The van der Waals surface area contributed by atoms with Crippen LogP contribution in [0.4, 0.5) is 5.69 Å². The Labute approximate surface area is 268 Å². The Morgan fingerprint density at radius 1 is 0.674 bits per heavy atom. The average Bonchev–Trinajstić information content (AvgIpc) is 3.72. The summed E-state index contributed by atoms with van der Waals surface area (Å²) in [6.07, 6.45) is 9.04. The van der Waals surface area contributed by atoms with Crippen molar-refractivity contribution >= 4 is 44.6 Å². The predicted molar refractivity (Wildman–Crippen MR) is 189 cm³/mol. The van der Waals surface area contributed by atoms with Crippen LogP contribution >= 0.6 is 0 Å². The van der Waals surface area contributed by atoms with E-state index in [1.165, 1.54) is 30.4 Å². The summed E-state index contributed by atoms with van der Waals surface area (Å²) in [4.78, 5) is 5.34. The van der Waals surface area contributed by atoms with Gasteiger partial charge in [-0.15, -0.1) is 0 Å². The average molecular weight is 599 g/mol. The molecule has 3 heterocycles. The minimum absolute atomic E-state index is 0.233. The van der Waals surface area contributed by atoms with E-state index in [-0.39, 0.29) is 12.4 Å². The first-order chi connectivity index (χ1) is 22.8. The van der Waals surface area contributed by atoms with E-state index in [0.29, 0.717) is 0 Å². The number of rotatable bonds is 4. The first-order valence-corrected chi connectivity index (χ1v) is 16.3. The Balaban J connectivity index is 1.19. The van der Waals surface area contributed by atoms with Crippen molar-refractivity contribution in [3.8, 4) is 5.75 Å². The second kappa shape index (κ2) is 11.1. The summed E-state index contributed by atoms with van der Waals surface area (Å²) in [5, 5.41) is 9.58. The van der Waals surface area contributed by atoms with Crippen LogP contribution in [-0.2, 0) is 0 Å². The first-order valence-electron chi connectivity index (χ1n) is 16.3. The van der Waals surface area contributed by atoms with Crippen molar-refractivity contribution in [3.63, 3.8) is 0 Å². The van der Waals surface area contributed by atoms with Gasteiger partial charge in [-0.2, -0.15) is 0 Å². The van der Waals surface area contributed by atoms with Gasteiger partial charge in [-0.1, -0.05) is 109 Å². The Morgan fingerprint density at radius 2 is 1.41 bits per heavy atom. The Hall–Kier alpha value is -5.55. The zero-order chi connectivity index (χ0) is 30.5. The predicted octanol–water partition coefficient (Wildman–Crippen LogP) is 9.84. The fourth-order valence-corrected chi connectivity index (χ4v) is 7.15. The molecule has 46 heavy (non-hydrogen) atoms. The molecule has 5 nitrogen and oxygen atoms in total. The van der Waals surface area contributed by atoms with Gasteiger partial charge in [0.15, 0.2) is 12.0 Å². The molecule has 6 aromatic rings. The molecule has 0 radical (unpaired) electrons. The molecule has 0 bridgehead atoms. The van der Waals surface area contributed by atoms with Gasteiger partial charge < -0.3 is 15.4 Å². The van der Waals surface area contributed by atoms with E-state index in [9.17, 15) is 0 Å². The number of benzene rings is 5.